The van der Waals surface area contributed by atoms with Crippen LogP contribution in [0.3, 0.4) is 0 Å². The van der Waals surface area contributed by atoms with Gasteiger partial charge < -0.3 is 4.57 Å². The first-order valence-electron chi connectivity index (χ1n) is 9.68. The summed E-state index contributed by atoms with van der Waals surface area (Å²) in [5.41, 5.74) is 2.07. The number of rotatable bonds is 7. The maximum atomic E-state index is 13.7. The summed E-state index contributed by atoms with van der Waals surface area (Å²) in [5.74, 6) is -2.43. The van der Waals surface area contributed by atoms with Crippen molar-refractivity contribution >= 4 is 32.6 Å². The first-order chi connectivity index (χ1) is 14.6. The number of halogens is 2. The number of hydrogen-bond acceptors (Lipinski definition) is 4. The Bertz CT molecular complexity index is 1170. The molecular weight excluding hydrogens is 406 g/mol. The lowest BCUT2D eigenvalue weighted by molar-refractivity contribution is 0.0985. The van der Waals surface area contributed by atoms with Crippen molar-refractivity contribution in [3.8, 4) is 0 Å². The predicted octanol–water partition coefficient (Wildman–Crippen LogP) is 5.07. The second kappa shape index (κ2) is 8.71. The second-order valence-corrected chi connectivity index (χ2v) is 7.86. The summed E-state index contributed by atoms with van der Waals surface area (Å²) in [6.07, 6.45) is 6.75. The number of carbonyl (C=O) groups is 1. The third-order valence-electron chi connectivity index (χ3n) is 4.87. The molecule has 0 spiro atoms. The molecule has 0 unspecified atom stereocenters. The quantitative estimate of drug-likeness (QED) is 0.415. The maximum absolute atomic E-state index is 13.7. The molecule has 1 amide bonds. The third-order valence-corrected chi connectivity index (χ3v) is 5.92. The van der Waals surface area contributed by atoms with E-state index in [1.807, 2.05) is 29.0 Å². The third kappa shape index (κ3) is 4.09. The Morgan fingerprint density at radius 1 is 1.20 bits per heavy atom. The molecule has 8 heteroatoms. The molecule has 2 aromatic carbocycles. The van der Waals surface area contributed by atoms with Crippen LogP contribution in [-0.4, -0.2) is 27.0 Å². The van der Waals surface area contributed by atoms with Crippen molar-refractivity contribution in [2.75, 3.05) is 11.4 Å². The van der Waals surface area contributed by atoms with Gasteiger partial charge in [0.1, 0.15) is 0 Å². The van der Waals surface area contributed by atoms with Crippen LogP contribution in [0.2, 0.25) is 0 Å². The summed E-state index contributed by atoms with van der Waals surface area (Å²) in [5, 5.41) is 0.547. The number of amides is 1. The van der Waals surface area contributed by atoms with Crippen molar-refractivity contribution in [1.29, 1.82) is 0 Å². The van der Waals surface area contributed by atoms with Crippen molar-refractivity contribution in [3.63, 3.8) is 0 Å². The number of aromatic nitrogens is 3. The van der Waals surface area contributed by atoms with E-state index in [2.05, 4.69) is 11.9 Å². The number of aryl methyl sites for hydroxylation is 2. The van der Waals surface area contributed by atoms with Gasteiger partial charge in [0.05, 0.1) is 16.5 Å². The Hall–Kier alpha value is -3.13. The lowest BCUT2D eigenvalue weighted by Gasteiger charge is -2.20. The lowest BCUT2D eigenvalue weighted by Crippen LogP contribution is -2.32. The van der Waals surface area contributed by atoms with Crippen LogP contribution in [0.4, 0.5) is 13.9 Å². The molecule has 0 aliphatic heterocycles. The number of carbonyl (C=O) groups excluding carboxylic acids is 1. The van der Waals surface area contributed by atoms with Crippen LogP contribution in [-0.2, 0) is 13.0 Å². The van der Waals surface area contributed by atoms with E-state index in [9.17, 15) is 13.6 Å². The summed E-state index contributed by atoms with van der Waals surface area (Å²) in [6.45, 7) is 3.12. The van der Waals surface area contributed by atoms with Gasteiger partial charge in [-0.05, 0) is 42.7 Å². The molecule has 2 heterocycles. The molecule has 4 aromatic rings. The smallest absolute Gasteiger partial charge is 0.260 e. The SMILES string of the molecule is CCc1cccc2sc(N(CCCn3ccnc3)C(=O)c3ccc(F)c(F)c3)nc12. The van der Waals surface area contributed by atoms with Crippen LogP contribution in [0.15, 0.2) is 55.1 Å². The molecule has 5 nitrogen and oxygen atoms in total. The topological polar surface area (TPSA) is 51.0 Å². The maximum Gasteiger partial charge on any atom is 0.260 e. The van der Waals surface area contributed by atoms with Crippen LogP contribution in [0.1, 0.15) is 29.3 Å². The van der Waals surface area contributed by atoms with Crippen LogP contribution in [0.5, 0.6) is 0 Å². The fraction of sp³-hybridized carbons (Fsp3) is 0.227. The van der Waals surface area contributed by atoms with E-state index in [0.717, 1.165) is 34.3 Å². The molecule has 0 radical (unpaired) electrons. The van der Waals surface area contributed by atoms with Crippen LogP contribution in [0.25, 0.3) is 10.2 Å². The van der Waals surface area contributed by atoms with E-state index in [0.29, 0.717) is 24.6 Å². The zero-order valence-electron chi connectivity index (χ0n) is 16.4. The lowest BCUT2D eigenvalue weighted by atomic mass is 10.1. The van der Waals surface area contributed by atoms with Gasteiger partial charge in [-0.3, -0.25) is 9.69 Å². The van der Waals surface area contributed by atoms with E-state index >= 15 is 0 Å². The highest BCUT2D eigenvalue weighted by Gasteiger charge is 2.22. The summed E-state index contributed by atoms with van der Waals surface area (Å²) >= 11 is 1.42. The number of para-hydroxylation sites is 1. The predicted molar refractivity (Wildman–Crippen MR) is 114 cm³/mol. The molecular formula is C22H20F2N4OS. The Morgan fingerprint density at radius 3 is 2.80 bits per heavy atom. The van der Waals surface area contributed by atoms with E-state index in [4.69, 9.17) is 4.98 Å². The zero-order chi connectivity index (χ0) is 21.1. The van der Waals surface area contributed by atoms with E-state index in [1.165, 1.54) is 17.4 Å². The van der Waals surface area contributed by atoms with Crippen LogP contribution < -0.4 is 4.90 Å². The molecule has 154 valence electrons. The van der Waals surface area contributed by atoms with E-state index in [-0.39, 0.29) is 5.56 Å². The number of thiazole rings is 1. The first-order valence-corrected chi connectivity index (χ1v) is 10.5. The van der Waals surface area contributed by atoms with Gasteiger partial charge in [-0.25, -0.2) is 18.7 Å². The largest absolute Gasteiger partial charge is 0.337 e. The molecule has 0 bridgehead atoms. The Labute approximate surface area is 176 Å². The van der Waals surface area contributed by atoms with E-state index < -0.39 is 17.5 Å². The molecule has 0 aliphatic rings. The molecule has 0 fully saturated rings. The minimum Gasteiger partial charge on any atom is -0.337 e. The minimum atomic E-state index is -1.04. The average molecular weight is 426 g/mol. The van der Waals surface area contributed by atoms with Crippen molar-refractivity contribution in [2.45, 2.75) is 26.3 Å². The molecule has 0 saturated carbocycles. The molecule has 0 N–H and O–H groups in total. The fourth-order valence-electron chi connectivity index (χ4n) is 3.29. The molecule has 0 atom stereocenters. The number of nitrogens with zero attached hydrogens (tertiary/aromatic N) is 4. The average Bonchev–Trinajstić information content (AvgIpc) is 3.42. The van der Waals surface area contributed by atoms with Crippen molar-refractivity contribution < 1.29 is 13.6 Å². The highest BCUT2D eigenvalue weighted by atomic mass is 32.1. The number of imidazole rings is 1. The van der Waals surface area contributed by atoms with Crippen LogP contribution in [0, 0.1) is 11.6 Å². The van der Waals surface area contributed by atoms with Crippen molar-refractivity contribution in [1.82, 2.24) is 14.5 Å². The number of anilines is 1. The number of hydrogen-bond donors (Lipinski definition) is 0. The Morgan fingerprint density at radius 2 is 2.07 bits per heavy atom. The highest BCUT2D eigenvalue weighted by Crippen LogP contribution is 2.32. The molecule has 0 aliphatic carbocycles. The van der Waals surface area contributed by atoms with Gasteiger partial charge in [-0.1, -0.05) is 30.4 Å². The van der Waals surface area contributed by atoms with Gasteiger partial charge in [-0.15, -0.1) is 0 Å². The monoisotopic (exact) mass is 426 g/mol. The molecule has 0 saturated heterocycles. The summed E-state index contributed by atoms with van der Waals surface area (Å²) in [4.78, 5) is 23.5. The molecule has 30 heavy (non-hydrogen) atoms. The van der Waals surface area contributed by atoms with Gasteiger partial charge >= 0.3 is 0 Å². The molecule has 2 aromatic heterocycles. The highest BCUT2D eigenvalue weighted by molar-refractivity contribution is 7.22. The van der Waals surface area contributed by atoms with Crippen molar-refractivity contribution in [2.24, 2.45) is 0 Å². The second-order valence-electron chi connectivity index (χ2n) is 6.85. The number of fused-ring (bicyclic) bond motifs is 1. The summed E-state index contributed by atoms with van der Waals surface area (Å²) in [7, 11) is 0. The van der Waals surface area contributed by atoms with Crippen LogP contribution >= 0.6 is 11.3 Å². The van der Waals surface area contributed by atoms with Gasteiger partial charge in [0.15, 0.2) is 16.8 Å². The first kappa shape index (κ1) is 20.2. The Kier molecular flexibility index (Phi) is 5.85. The Balaban J connectivity index is 1.67. The van der Waals surface area contributed by atoms with E-state index in [1.54, 1.807) is 17.4 Å². The summed E-state index contributed by atoms with van der Waals surface area (Å²) < 4.78 is 30.0. The minimum absolute atomic E-state index is 0.0894. The normalized spacial score (nSPS) is 11.2. The fourth-order valence-corrected chi connectivity index (χ4v) is 4.33. The molecule has 4 rings (SSSR count). The van der Waals surface area contributed by atoms with Gasteiger partial charge in [0.25, 0.3) is 5.91 Å². The number of benzene rings is 2. The summed E-state index contributed by atoms with van der Waals surface area (Å²) in [6, 6.07) is 9.18. The standard InChI is InChI=1S/C22H20F2N4OS/c1-2-15-5-3-6-19-20(15)26-22(30-19)28(11-4-10-27-12-9-25-14-27)21(29)16-7-8-17(23)18(24)13-16/h3,5-9,12-14H,2,4,10-11H2,1H3. The van der Waals surface area contributed by atoms with Gasteiger partial charge in [0.2, 0.25) is 0 Å². The van der Waals surface area contributed by atoms with Gasteiger partial charge in [-0.2, -0.15) is 0 Å². The zero-order valence-corrected chi connectivity index (χ0v) is 17.2. The van der Waals surface area contributed by atoms with Gasteiger partial charge in [0, 0.05) is 31.0 Å². The van der Waals surface area contributed by atoms with Crippen molar-refractivity contribution in [3.05, 3.63) is 77.9 Å².